The molecule has 1 aromatic heterocycles. The Morgan fingerprint density at radius 1 is 0.816 bits per heavy atom. The second-order valence-corrected chi connectivity index (χ2v) is 13.0. The minimum atomic E-state index is -3.33. The molecule has 1 fully saturated rings. The molecule has 3 heterocycles. The molecule has 4 aromatic rings. The first-order valence-electron chi connectivity index (χ1n) is 16.6. The Kier molecular flexibility index (Phi) is 9.52. The van der Waals surface area contributed by atoms with Crippen LogP contribution in [0.4, 0.5) is 20.2 Å². The molecule has 8 nitrogen and oxygen atoms in total. The van der Waals surface area contributed by atoms with E-state index in [4.69, 9.17) is 0 Å². The number of halogens is 2. The van der Waals surface area contributed by atoms with Crippen molar-refractivity contribution in [3.63, 3.8) is 0 Å². The van der Waals surface area contributed by atoms with Crippen LogP contribution in [0, 0.1) is 13.8 Å². The Hall–Kier alpha value is -5.09. The number of hydrogen-bond donors (Lipinski definition) is 1. The Labute approximate surface area is 285 Å². The van der Waals surface area contributed by atoms with E-state index in [1.54, 1.807) is 59.5 Å². The number of allylic oxidation sites excluding steroid dienone is 1. The number of hydrogen-bond acceptors (Lipinski definition) is 4. The number of carbonyl (C=O) groups excluding carboxylic acids is 3. The van der Waals surface area contributed by atoms with Crippen LogP contribution in [0.2, 0.25) is 0 Å². The molecule has 254 valence electrons. The first-order chi connectivity index (χ1) is 23.4. The quantitative estimate of drug-likeness (QED) is 0.226. The lowest BCUT2D eigenvalue weighted by molar-refractivity contribution is -0.127. The highest BCUT2D eigenvalue weighted by molar-refractivity contribution is 6.10. The van der Waals surface area contributed by atoms with E-state index in [9.17, 15) is 14.4 Å². The maximum absolute atomic E-state index is 15.8. The number of aryl methyl sites for hydroxylation is 2. The van der Waals surface area contributed by atoms with Gasteiger partial charge in [0, 0.05) is 71.9 Å². The van der Waals surface area contributed by atoms with Crippen LogP contribution in [-0.4, -0.2) is 77.8 Å². The molecule has 0 aliphatic carbocycles. The van der Waals surface area contributed by atoms with Gasteiger partial charge in [-0.25, -0.2) is 8.78 Å². The van der Waals surface area contributed by atoms with Crippen LogP contribution in [-0.2, 0) is 4.79 Å². The second kappa shape index (κ2) is 13.8. The first kappa shape index (κ1) is 33.8. The number of piperidine rings is 1. The third-order valence-corrected chi connectivity index (χ3v) is 9.60. The van der Waals surface area contributed by atoms with Gasteiger partial charge in [-0.1, -0.05) is 30.3 Å². The largest absolute Gasteiger partial charge is 0.339 e. The Morgan fingerprint density at radius 3 is 2.08 bits per heavy atom. The average molecular weight is 666 g/mol. The van der Waals surface area contributed by atoms with Gasteiger partial charge < -0.3 is 24.6 Å². The summed E-state index contributed by atoms with van der Waals surface area (Å²) >= 11 is 0. The van der Waals surface area contributed by atoms with E-state index in [2.05, 4.69) is 10.2 Å². The van der Waals surface area contributed by atoms with Gasteiger partial charge in [-0.15, -0.1) is 0 Å². The third-order valence-electron chi connectivity index (χ3n) is 9.60. The maximum atomic E-state index is 15.8. The molecule has 0 bridgehead atoms. The lowest BCUT2D eigenvalue weighted by Crippen LogP contribution is -2.44. The predicted octanol–water partition coefficient (Wildman–Crippen LogP) is 6.97. The monoisotopic (exact) mass is 665 g/mol. The summed E-state index contributed by atoms with van der Waals surface area (Å²) in [7, 11) is 4.00. The molecule has 6 rings (SSSR count). The zero-order valence-corrected chi connectivity index (χ0v) is 28.2. The summed E-state index contributed by atoms with van der Waals surface area (Å²) in [6.45, 7) is 4.72. The number of amides is 3. The normalized spacial score (nSPS) is 17.2. The molecule has 1 saturated heterocycles. The molecule has 3 aromatic carbocycles. The van der Waals surface area contributed by atoms with Gasteiger partial charge in [0.1, 0.15) is 0 Å². The number of aromatic nitrogens is 1. The van der Waals surface area contributed by atoms with E-state index in [1.807, 2.05) is 62.8 Å². The minimum Gasteiger partial charge on any atom is -0.339 e. The molecule has 3 amide bonds. The summed E-state index contributed by atoms with van der Waals surface area (Å²) in [5, 5.41) is 2.92. The molecule has 0 atom stereocenters. The SMILES string of the molecule is Cc1ccc(C)n1-c1ccccc1C(=O)Nc1ccc(C(=O)N2CCC(F)(F)/C(=C\C(=O)N3CCC(N(C)C)CC3)c3ccccc32)cc1. The lowest BCUT2D eigenvalue weighted by atomic mass is 9.96. The van der Waals surface area contributed by atoms with E-state index < -0.39 is 24.2 Å². The average Bonchev–Trinajstić information content (AvgIpc) is 3.38. The van der Waals surface area contributed by atoms with Crippen molar-refractivity contribution < 1.29 is 23.2 Å². The topological polar surface area (TPSA) is 77.9 Å². The maximum Gasteiger partial charge on any atom is 0.275 e. The molecule has 0 unspecified atom stereocenters. The Morgan fingerprint density at radius 2 is 1.43 bits per heavy atom. The Bertz CT molecular complexity index is 1890. The van der Waals surface area contributed by atoms with Crippen LogP contribution < -0.4 is 10.2 Å². The van der Waals surface area contributed by atoms with Gasteiger partial charge in [0.05, 0.1) is 16.9 Å². The number of anilines is 2. The molecule has 49 heavy (non-hydrogen) atoms. The van der Waals surface area contributed by atoms with Gasteiger partial charge in [-0.3, -0.25) is 14.4 Å². The van der Waals surface area contributed by atoms with Crippen molar-refractivity contribution in [1.29, 1.82) is 0 Å². The van der Waals surface area contributed by atoms with Crippen LogP contribution in [0.25, 0.3) is 11.3 Å². The second-order valence-electron chi connectivity index (χ2n) is 13.0. The van der Waals surface area contributed by atoms with Crippen molar-refractivity contribution in [3.8, 4) is 5.69 Å². The number of nitrogens with one attached hydrogen (secondary N) is 1. The van der Waals surface area contributed by atoms with Crippen molar-refractivity contribution >= 4 is 34.7 Å². The number of nitrogens with zero attached hydrogens (tertiary/aromatic N) is 4. The highest BCUT2D eigenvalue weighted by Gasteiger charge is 2.42. The van der Waals surface area contributed by atoms with E-state index in [0.29, 0.717) is 36.1 Å². The van der Waals surface area contributed by atoms with Crippen molar-refractivity contribution in [3.05, 3.63) is 119 Å². The van der Waals surface area contributed by atoms with E-state index in [0.717, 1.165) is 36.0 Å². The highest BCUT2D eigenvalue weighted by Crippen LogP contribution is 2.43. The van der Waals surface area contributed by atoms with Crippen molar-refractivity contribution in [2.75, 3.05) is 43.9 Å². The molecule has 0 radical (unpaired) electrons. The van der Waals surface area contributed by atoms with Gasteiger partial charge >= 0.3 is 0 Å². The minimum absolute atomic E-state index is 0.158. The zero-order valence-electron chi connectivity index (χ0n) is 28.2. The molecule has 0 spiro atoms. The van der Waals surface area contributed by atoms with Crippen LogP contribution in [0.15, 0.2) is 91.0 Å². The standard InChI is InChI=1S/C39H41F2N5O3/c1-26-13-14-27(2)46(26)35-12-8-6-10-32(35)37(48)42-29-17-15-28(16-18-29)38(49)45-24-21-39(40,41)33(31-9-5-7-11-34(31)45)25-36(47)44-22-19-30(20-23-44)43(3)4/h5-18,25,30H,19-24H2,1-4H3,(H,42,48)/b33-25-. The molecular weight excluding hydrogens is 624 g/mol. The number of fused-ring (bicyclic) bond motifs is 1. The molecule has 1 N–H and O–H groups in total. The number of rotatable bonds is 6. The molecule has 2 aliphatic heterocycles. The Balaban J connectivity index is 1.22. The fraction of sp³-hybridized carbons (Fsp3) is 0.308. The van der Waals surface area contributed by atoms with Crippen LogP contribution >= 0.6 is 0 Å². The molecular formula is C39H41F2N5O3. The van der Waals surface area contributed by atoms with Gasteiger partial charge in [-0.2, -0.15) is 0 Å². The highest BCUT2D eigenvalue weighted by atomic mass is 19.3. The number of alkyl halides is 2. The summed E-state index contributed by atoms with van der Waals surface area (Å²) in [4.78, 5) is 45.7. The van der Waals surface area contributed by atoms with Crippen molar-refractivity contribution in [2.45, 2.75) is 45.1 Å². The lowest BCUT2D eigenvalue weighted by Gasteiger charge is -2.35. The smallest absolute Gasteiger partial charge is 0.275 e. The van der Waals surface area contributed by atoms with Crippen molar-refractivity contribution in [1.82, 2.24) is 14.4 Å². The third kappa shape index (κ3) is 6.91. The zero-order chi connectivity index (χ0) is 34.9. The fourth-order valence-electron chi connectivity index (χ4n) is 6.81. The number of likely N-dealkylation sites (tertiary alicyclic amines) is 1. The van der Waals surface area contributed by atoms with Gasteiger partial charge in [0.15, 0.2) is 0 Å². The molecule has 0 saturated carbocycles. The summed E-state index contributed by atoms with van der Waals surface area (Å²) in [5.74, 6) is -4.53. The summed E-state index contributed by atoms with van der Waals surface area (Å²) in [5.41, 5.74) is 4.12. The summed E-state index contributed by atoms with van der Waals surface area (Å²) in [6, 6.07) is 24.6. The predicted molar refractivity (Wildman–Crippen MR) is 189 cm³/mol. The summed E-state index contributed by atoms with van der Waals surface area (Å²) in [6.07, 6.45) is 1.99. The number of carbonyl (C=O) groups is 3. The van der Waals surface area contributed by atoms with E-state index in [1.165, 1.54) is 4.90 Å². The van der Waals surface area contributed by atoms with Crippen LogP contribution in [0.5, 0.6) is 0 Å². The van der Waals surface area contributed by atoms with E-state index >= 15 is 8.78 Å². The van der Waals surface area contributed by atoms with Gasteiger partial charge in [-0.05, 0) is 95.4 Å². The molecule has 10 heteroatoms. The summed E-state index contributed by atoms with van der Waals surface area (Å²) < 4.78 is 33.6. The van der Waals surface area contributed by atoms with Crippen LogP contribution in [0.1, 0.15) is 56.9 Å². The van der Waals surface area contributed by atoms with Gasteiger partial charge in [0.25, 0.3) is 17.7 Å². The number of benzene rings is 3. The van der Waals surface area contributed by atoms with Crippen molar-refractivity contribution in [2.24, 2.45) is 0 Å². The fourth-order valence-corrected chi connectivity index (χ4v) is 6.81. The van der Waals surface area contributed by atoms with Gasteiger partial charge in [0.2, 0.25) is 5.91 Å². The number of para-hydroxylation sites is 2. The molecule has 2 aliphatic rings. The first-order valence-corrected chi connectivity index (χ1v) is 16.6. The van der Waals surface area contributed by atoms with E-state index in [-0.39, 0.29) is 29.2 Å². The van der Waals surface area contributed by atoms with Crippen LogP contribution in [0.3, 0.4) is 0 Å².